The van der Waals surface area contributed by atoms with E-state index >= 15 is 0 Å². The SMILES string of the molecule is Cc1ccc(CN(C)S(=O)(=O)c2cc(CN)sc2C)o1. The van der Waals surface area contributed by atoms with Crippen LogP contribution in [0.4, 0.5) is 0 Å². The number of furan rings is 1. The van der Waals surface area contributed by atoms with Gasteiger partial charge in [-0.2, -0.15) is 4.31 Å². The Labute approximate surface area is 123 Å². The van der Waals surface area contributed by atoms with Crippen molar-refractivity contribution < 1.29 is 12.8 Å². The van der Waals surface area contributed by atoms with Crippen molar-refractivity contribution in [2.24, 2.45) is 5.73 Å². The first-order valence-electron chi connectivity index (χ1n) is 6.15. The maximum absolute atomic E-state index is 12.5. The van der Waals surface area contributed by atoms with E-state index in [1.165, 1.54) is 15.6 Å². The van der Waals surface area contributed by atoms with Gasteiger partial charge in [-0.05, 0) is 32.0 Å². The van der Waals surface area contributed by atoms with E-state index in [1.807, 2.05) is 13.0 Å². The third-order valence-corrected chi connectivity index (χ3v) is 6.12. The van der Waals surface area contributed by atoms with Crippen LogP contribution in [0.15, 0.2) is 27.5 Å². The molecule has 0 saturated carbocycles. The Morgan fingerprint density at radius 3 is 2.55 bits per heavy atom. The summed E-state index contributed by atoms with van der Waals surface area (Å²) in [5.41, 5.74) is 5.56. The Morgan fingerprint density at radius 2 is 2.05 bits per heavy atom. The van der Waals surface area contributed by atoms with Crippen molar-refractivity contribution in [3.05, 3.63) is 39.5 Å². The zero-order valence-electron chi connectivity index (χ0n) is 11.7. The van der Waals surface area contributed by atoms with Crippen LogP contribution in [0.25, 0.3) is 0 Å². The Balaban J connectivity index is 2.26. The molecule has 20 heavy (non-hydrogen) atoms. The van der Waals surface area contributed by atoms with Crippen LogP contribution < -0.4 is 5.73 Å². The minimum absolute atomic E-state index is 0.212. The quantitative estimate of drug-likeness (QED) is 0.918. The van der Waals surface area contributed by atoms with Crippen LogP contribution in [0.1, 0.15) is 21.3 Å². The average Bonchev–Trinajstić information content (AvgIpc) is 2.95. The van der Waals surface area contributed by atoms with E-state index in [0.717, 1.165) is 15.5 Å². The molecule has 2 heterocycles. The lowest BCUT2D eigenvalue weighted by atomic mass is 10.4. The Bertz CT molecular complexity index is 701. The van der Waals surface area contributed by atoms with Gasteiger partial charge in [-0.1, -0.05) is 0 Å². The minimum Gasteiger partial charge on any atom is -0.465 e. The molecule has 0 unspecified atom stereocenters. The molecule has 5 nitrogen and oxygen atoms in total. The molecule has 0 atom stereocenters. The van der Waals surface area contributed by atoms with Crippen molar-refractivity contribution >= 4 is 21.4 Å². The van der Waals surface area contributed by atoms with Gasteiger partial charge in [0.1, 0.15) is 11.5 Å². The van der Waals surface area contributed by atoms with Crippen LogP contribution in [0.2, 0.25) is 0 Å². The number of thiophene rings is 1. The molecule has 2 aromatic heterocycles. The second-order valence-electron chi connectivity index (χ2n) is 4.61. The van der Waals surface area contributed by atoms with Crippen LogP contribution >= 0.6 is 11.3 Å². The summed E-state index contributed by atoms with van der Waals surface area (Å²) in [5.74, 6) is 1.39. The molecule has 2 rings (SSSR count). The van der Waals surface area contributed by atoms with Crippen LogP contribution in [0, 0.1) is 13.8 Å². The van der Waals surface area contributed by atoms with E-state index in [-0.39, 0.29) is 6.54 Å². The maximum Gasteiger partial charge on any atom is 0.244 e. The van der Waals surface area contributed by atoms with Gasteiger partial charge in [-0.3, -0.25) is 0 Å². The normalized spacial score (nSPS) is 12.2. The summed E-state index contributed by atoms with van der Waals surface area (Å²) in [6, 6.07) is 5.25. The number of nitrogens with two attached hydrogens (primary N) is 1. The highest BCUT2D eigenvalue weighted by molar-refractivity contribution is 7.89. The second kappa shape index (κ2) is 5.69. The van der Waals surface area contributed by atoms with Crippen molar-refractivity contribution in [2.45, 2.75) is 31.8 Å². The summed E-state index contributed by atoms with van der Waals surface area (Å²) >= 11 is 1.41. The van der Waals surface area contributed by atoms with Gasteiger partial charge in [-0.15, -0.1) is 11.3 Å². The van der Waals surface area contributed by atoms with Crippen LogP contribution in [-0.4, -0.2) is 19.8 Å². The smallest absolute Gasteiger partial charge is 0.244 e. The van der Waals surface area contributed by atoms with Crippen molar-refractivity contribution in [1.29, 1.82) is 0 Å². The Kier molecular flexibility index (Phi) is 4.33. The molecule has 110 valence electrons. The highest BCUT2D eigenvalue weighted by Gasteiger charge is 2.25. The van der Waals surface area contributed by atoms with Crippen molar-refractivity contribution in [3.8, 4) is 0 Å². The fraction of sp³-hybridized carbons (Fsp3) is 0.385. The van der Waals surface area contributed by atoms with Gasteiger partial charge >= 0.3 is 0 Å². The van der Waals surface area contributed by atoms with Crippen molar-refractivity contribution in [2.75, 3.05) is 7.05 Å². The molecule has 0 bridgehead atoms. The number of sulfonamides is 1. The van der Waals surface area contributed by atoms with Gasteiger partial charge in [0.05, 0.1) is 11.4 Å². The first-order valence-corrected chi connectivity index (χ1v) is 8.41. The average molecular weight is 314 g/mol. The third-order valence-electron chi connectivity index (χ3n) is 2.99. The van der Waals surface area contributed by atoms with Gasteiger partial charge in [0.15, 0.2) is 0 Å². The Hall–Kier alpha value is -1.15. The number of aryl methyl sites for hydroxylation is 2. The second-order valence-corrected chi connectivity index (χ2v) is 7.96. The van der Waals surface area contributed by atoms with Gasteiger partial charge in [0, 0.05) is 23.3 Å². The molecule has 0 spiro atoms. The summed E-state index contributed by atoms with van der Waals surface area (Å²) in [6.07, 6.45) is 0. The summed E-state index contributed by atoms with van der Waals surface area (Å²) < 4.78 is 31.8. The first-order chi connectivity index (χ1) is 9.34. The van der Waals surface area contributed by atoms with Gasteiger partial charge in [0.2, 0.25) is 10.0 Å². The molecule has 0 fully saturated rings. The van der Waals surface area contributed by atoms with Crippen molar-refractivity contribution in [3.63, 3.8) is 0 Å². The molecule has 7 heteroatoms. The van der Waals surface area contributed by atoms with E-state index in [1.54, 1.807) is 26.1 Å². The van der Waals surface area contributed by atoms with Crippen LogP contribution in [0.3, 0.4) is 0 Å². The summed E-state index contributed by atoms with van der Waals surface area (Å²) in [6.45, 7) is 4.18. The monoisotopic (exact) mass is 314 g/mol. The van der Waals surface area contributed by atoms with Gasteiger partial charge in [0.25, 0.3) is 0 Å². The van der Waals surface area contributed by atoms with Crippen LogP contribution in [0.5, 0.6) is 0 Å². The molecule has 0 saturated heterocycles. The fourth-order valence-corrected chi connectivity index (χ4v) is 4.54. The molecular formula is C13H18N2O3S2. The zero-order valence-corrected chi connectivity index (χ0v) is 13.3. The van der Waals surface area contributed by atoms with E-state index in [4.69, 9.17) is 10.2 Å². The molecule has 2 N–H and O–H groups in total. The number of hydrogen-bond acceptors (Lipinski definition) is 5. The predicted octanol–water partition coefficient (Wildman–Crippen LogP) is 2.24. The number of rotatable bonds is 5. The van der Waals surface area contributed by atoms with E-state index in [0.29, 0.717) is 17.2 Å². The minimum atomic E-state index is -3.52. The zero-order chi connectivity index (χ0) is 14.9. The van der Waals surface area contributed by atoms with Gasteiger partial charge < -0.3 is 10.2 Å². The highest BCUT2D eigenvalue weighted by Crippen LogP contribution is 2.28. The molecule has 2 aromatic rings. The molecule has 0 radical (unpaired) electrons. The van der Waals surface area contributed by atoms with Gasteiger partial charge in [-0.25, -0.2) is 8.42 Å². The standard InChI is InChI=1S/C13H18N2O3S2/c1-9-4-5-11(18-9)8-15(3)20(16,17)13-6-12(7-14)19-10(13)2/h4-6H,7-8,14H2,1-3H3. The highest BCUT2D eigenvalue weighted by atomic mass is 32.2. The largest absolute Gasteiger partial charge is 0.465 e. The Morgan fingerprint density at radius 1 is 1.35 bits per heavy atom. The summed E-state index contributed by atoms with van der Waals surface area (Å²) in [7, 11) is -1.97. The molecule has 0 aliphatic heterocycles. The molecule has 0 aliphatic carbocycles. The lowest BCUT2D eigenvalue weighted by Gasteiger charge is -2.15. The molecule has 0 aliphatic rings. The van der Waals surface area contributed by atoms with E-state index < -0.39 is 10.0 Å². The van der Waals surface area contributed by atoms with Crippen LogP contribution in [-0.2, 0) is 23.1 Å². The van der Waals surface area contributed by atoms with Crippen molar-refractivity contribution in [1.82, 2.24) is 4.31 Å². The third kappa shape index (κ3) is 2.95. The lowest BCUT2D eigenvalue weighted by molar-refractivity contribution is 0.397. The molecule has 0 amide bonds. The van der Waals surface area contributed by atoms with E-state index in [2.05, 4.69) is 0 Å². The maximum atomic E-state index is 12.5. The topological polar surface area (TPSA) is 76.5 Å². The molecular weight excluding hydrogens is 296 g/mol. The lowest BCUT2D eigenvalue weighted by Crippen LogP contribution is -2.26. The first kappa shape index (κ1) is 15.2. The fourth-order valence-electron chi connectivity index (χ4n) is 1.92. The number of hydrogen-bond donors (Lipinski definition) is 1. The molecule has 0 aromatic carbocycles. The predicted molar refractivity (Wildman–Crippen MR) is 79.0 cm³/mol. The van der Waals surface area contributed by atoms with E-state index in [9.17, 15) is 8.42 Å². The number of nitrogens with zero attached hydrogens (tertiary/aromatic N) is 1. The summed E-state index contributed by atoms with van der Waals surface area (Å²) in [5, 5.41) is 0. The summed E-state index contributed by atoms with van der Waals surface area (Å²) in [4.78, 5) is 1.95.